The fourth-order valence-electron chi connectivity index (χ4n) is 4.29. The number of hydrogen-bond donors (Lipinski definition) is 2. The number of benzene rings is 1. The van der Waals surface area contributed by atoms with Crippen molar-refractivity contribution in [3.8, 4) is 0 Å². The largest absolute Gasteiger partial charge is 0.356 e. The molecule has 1 aliphatic carbocycles. The summed E-state index contributed by atoms with van der Waals surface area (Å²) in [5.74, 6) is 0.250. The van der Waals surface area contributed by atoms with Gasteiger partial charge < -0.3 is 16.0 Å². The smallest absolute Gasteiger partial charge is 0.223 e. The highest BCUT2D eigenvalue weighted by Gasteiger charge is 2.32. The van der Waals surface area contributed by atoms with Gasteiger partial charge in [0.1, 0.15) is 0 Å². The molecule has 5 nitrogen and oxygen atoms in total. The number of carbonyl (C=O) groups is 2. The van der Waals surface area contributed by atoms with Gasteiger partial charge in [-0.3, -0.25) is 9.59 Å². The summed E-state index contributed by atoms with van der Waals surface area (Å²) in [5.41, 5.74) is 8.44. The maximum absolute atomic E-state index is 12.4. The van der Waals surface area contributed by atoms with Crippen molar-refractivity contribution in [2.24, 2.45) is 11.1 Å². The van der Waals surface area contributed by atoms with Crippen LogP contribution in [0, 0.1) is 5.41 Å². The van der Waals surface area contributed by atoms with E-state index in [2.05, 4.69) is 17.4 Å². The van der Waals surface area contributed by atoms with E-state index in [0.29, 0.717) is 45.4 Å². The third-order valence-corrected chi connectivity index (χ3v) is 5.97. The van der Waals surface area contributed by atoms with Crippen LogP contribution in [-0.4, -0.2) is 29.8 Å². The molecular formula is C21H31N3O2. The molecule has 0 spiro atoms. The maximum atomic E-state index is 12.4. The summed E-state index contributed by atoms with van der Waals surface area (Å²) < 4.78 is 0. The first-order valence-corrected chi connectivity index (χ1v) is 9.93. The quantitative estimate of drug-likeness (QED) is 0.737. The normalized spacial score (nSPS) is 18.4. The average molecular weight is 357 g/mol. The van der Waals surface area contributed by atoms with Crippen LogP contribution in [0.25, 0.3) is 0 Å². The predicted molar refractivity (Wildman–Crippen MR) is 102 cm³/mol. The van der Waals surface area contributed by atoms with E-state index >= 15 is 0 Å². The van der Waals surface area contributed by atoms with Crippen molar-refractivity contribution in [3.63, 3.8) is 0 Å². The van der Waals surface area contributed by atoms with Crippen molar-refractivity contribution in [1.82, 2.24) is 10.2 Å². The van der Waals surface area contributed by atoms with Crippen molar-refractivity contribution in [3.05, 3.63) is 35.4 Å². The summed E-state index contributed by atoms with van der Waals surface area (Å²) >= 11 is 0. The van der Waals surface area contributed by atoms with E-state index in [0.717, 1.165) is 12.8 Å². The van der Waals surface area contributed by atoms with Crippen LogP contribution in [0.4, 0.5) is 0 Å². The summed E-state index contributed by atoms with van der Waals surface area (Å²) in [4.78, 5) is 26.5. The van der Waals surface area contributed by atoms with Gasteiger partial charge in [0.15, 0.2) is 0 Å². The summed E-state index contributed by atoms with van der Waals surface area (Å²) in [6.45, 7) is 2.57. The Morgan fingerprint density at radius 3 is 2.35 bits per heavy atom. The summed E-state index contributed by atoms with van der Waals surface area (Å²) in [5, 5.41) is 2.99. The Morgan fingerprint density at radius 2 is 1.73 bits per heavy atom. The number of amides is 2. The second-order valence-corrected chi connectivity index (χ2v) is 7.91. The van der Waals surface area contributed by atoms with Gasteiger partial charge in [-0.05, 0) is 42.3 Å². The molecule has 0 bridgehead atoms. The van der Waals surface area contributed by atoms with Crippen LogP contribution in [0.5, 0.6) is 0 Å². The third kappa shape index (κ3) is 4.64. The number of carbonyl (C=O) groups excluding carboxylic acids is 2. The zero-order chi connectivity index (χ0) is 18.4. The van der Waals surface area contributed by atoms with E-state index in [1.54, 1.807) is 0 Å². The molecule has 0 radical (unpaired) electrons. The Kier molecular flexibility index (Phi) is 6.30. The lowest BCUT2D eigenvalue weighted by Gasteiger charge is -2.35. The van der Waals surface area contributed by atoms with Crippen molar-refractivity contribution in [1.29, 1.82) is 0 Å². The third-order valence-electron chi connectivity index (χ3n) is 5.97. The summed E-state index contributed by atoms with van der Waals surface area (Å²) in [7, 11) is 0. The number of rotatable bonds is 7. The number of nitrogens with one attached hydrogen (secondary N) is 1. The first-order chi connectivity index (χ1) is 12.6. The molecule has 1 aromatic rings. The Balaban J connectivity index is 1.35. The molecule has 26 heavy (non-hydrogen) atoms. The topological polar surface area (TPSA) is 75.4 Å². The van der Waals surface area contributed by atoms with E-state index < -0.39 is 0 Å². The molecule has 1 saturated carbocycles. The zero-order valence-corrected chi connectivity index (χ0v) is 15.6. The minimum Gasteiger partial charge on any atom is -0.356 e. The van der Waals surface area contributed by atoms with Gasteiger partial charge in [-0.2, -0.15) is 0 Å². The molecule has 1 heterocycles. The molecule has 2 aliphatic rings. The van der Waals surface area contributed by atoms with Gasteiger partial charge in [0.2, 0.25) is 11.8 Å². The van der Waals surface area contributed by atoms with Crippen molar-refractivity contribution in [2.75, 3.05) is 13.1 Å². The van der Waals surface area contributed by atoms with Crippen molar-refractivity contribution < 1.29 is 9.59 Å². The van der Waals surface area contributed by atoms with E-state index in [1.165, 1.54) is 30.4 Å². The first kappa shape index (κ1) is 18.9. The molecule has 0 saturated heterocycles. The van der Waals surface area contributed by atoms with Gasteiger partial charge in [-0.15, -0.1) is 0 Å². The molecule has 1 aliphatic heterocycles. The standard InChI is InChI=1S/C21H31N3O2/c22-16-21(10-4-1-5-11-21)13-19(25)23-12-6-9-20(26)24-14-17-7-2-3-8-18(17)15-24/h2-3,7-8H,1,4-6,9-16,22H2,(H,23,25). The molecule has 0 aromatic heterocycles. The highest BCUT2D eigenvalue weighted by atomic mass is 16.2. The second kappa shape index (κ2) is 8.67. The maximum Gasteiger partial charge on any atom is 0.223 e. The Hall–Kier alpha value is -1.88. The highest BCUT2D eigenvalue weighted by Crippen LogP contribution is 2.38. The monoisotopic (exact) mass is 357 g/mol. The van der Waals surface area contributed by atoms with Crippen molar-refractivity contribution >= 4 is 11.8 Å². The minimum atomic E-state index is -0.000516. The molecule has 5 heteroatoms. The Labute approximate surface area is 156 Å². The minimum absolute atomic E-state index is 0.000516. The summed E-state index contributed by atoms with van der Waals surface area (Å²) in [6, 6.07) is 8.20. The van der Waals surface area contributed by atoms with Crippen molar-refractivity contribution in [2.45, 2.75) is 64.5 Å². The van der Waals surface area contributed by atoms with Crippen LogP contribution in [0.1, 0.15) is 62.5 Å². The fraction of sp³-hybridized carbons (Fsp3) is 0.619. The van der Waals surface area contributed by atoms with Crippen LogP contribution in [0.15, 0.2) is 24.3 Å². The Morgan fingerprint density at radius 1 is 1.08 bits per heavy atom. The lowest BCUT2D eigenvalue weighted by atomic mass is 9.71. The number of fused-ring (bicyclic) bond motifs is 1. The van der Waals surface area contributed by atoms with Gasteiger partial charge in [-0.25, -0.2) is 0 Å². The molecular weight excluding hydrogens is 326 g/mol. The van der Waals surface area contributed by atoms with Crippen LogP contribution >= 0.6 is 0 Å². The molecule has 1 aromatic carbocycles. The fourth-order valence-corrected chi connectivity index (χ4v) is 4.29. The van der Waals surface area contributed by atoms with Crippen LogP contribution < -0.4 is 11.1 Å². The number of hydrogen-bond acceptors (Lipinski definition) is 3. The molecule has 3 rings (SSSR count). The number of nitrogens with zero attached hydrogens (tertiary/aromatic N) is 1. The number of nitrogens with two attached hydrogens (primary N) is 1. The molecule has 0 unspecified atom stereocenters. The van der Waals surface area contributed by atoms with Gasteiger partial charge in [-0.1, -0.05) is 43.5 Å². The molecule has 0 atom stereocenters. The van der Waals surface area contributed by atoms with Gasteiger partial charge in [0.05, 0.1) is 0 Å². The lowest BCUT2D eigenvalue weighted by molar-refractivity contribution is -0.132. The van der Waals surface area contributed by atoms with Crippen LogP contribution in [0.3, 0.4) is 0 Å². The van der Waals surface area contributed by atoms with E-state index in [1.807, 2.05) is 17.0 Å². The summed E-state index contributed by atoms with van der Waals surface area (Å²) in [6.07, 6.45) is 7.43. The zero-order valence-electron chi connectivity index (χ0n) is 15.6. The van der Waals surface area contributed by atoms with Crippen LogP contribution in [0.2, 0.25) is 0 Å². The highest BCUT2D eigenvalue weighted by molar-refractivity contribution is 5.78. The molecule has 3 N–H and O–H groups in total. The molecule has 142 valence electrons. The van der Waals surface area contributed by atoms with Gasteiger partial charge in [0, 0.05) is 32.5 Å². The Bertz CT molecular complexity index is 613. The molecule has 2 amide bonds. The molecule has 1 fully saturated rings. The van der Waals surface area contributed by atoms with Gasteiger partial charge >= 0.3 is 0 Å². The van der Waals surface area contributed by atoms with Gasteiger partial charge in [0.25, 0.3) is 0 Å². The van der Waals surface area contributed by atoms with E-state index in [-0.39, 0.29) is 17.2 Å². The van der Waals surface area contributed by atoms with E-state index in [4.69, 9.17) is 5.73 Å². The first-order valence-electron chi connectivity index (χ1n) is 9.93. The van der Waals surface area contributed by atoms with Crippen LogP contribution in [-0.2, 0) is 22.7 Å². The van der Waals surface area contributed by atoms with E-state index in [9.17, 15) is 9.59 Å². The lowest BCUT2D eigenvalue weighted by Crippen LogP contribution is -2.39. The predicted octanol–water partition coefficient (Wildman–Crippen LogP) is 2.72. The second-order valence-electron chi connectivity index (χ2n) is 7.91. The average Bonchev–Trinajstić information content (AvgIpc) is 3.10. The SMILES string of the molecule is NCC1(CC(=O)NCCCC(=O)N2Cc3ccccc3C2)CCCCC1.